The molecule has 0 aromatic heterocycles. The van der Waals surface area contributed by atoms with Gasteiger partial charge in [-0.1, -0.05) is 48.0 Å². The predicted molar refractivity (Wildman–Crippen MR) is 73.3 cm³/mol. The van der Waals surface area contributed by atoms with E-state index in [1.165, 1.54) is 11.6 Å². The highest BCUT2D eigenvalue weighted by Crippen LogP contribution is 2.28. The van der Waals surface area contributed by atoms with Gasteiger partial charge in [-0.15, -0.1) is 0 Å². The van der Waals surface area contributed by atoms with E-state index in [4.69, 9.17) is 0 Å². The zero-order valence-corrected chi connectivity index (χ0v) is 10.6. The first kappa shape index (κ1) is 12.2. The first-order valence-corrected chi connectivity index (χ1v) is 6.27. The molecule has 0 aliphatic rings. The van der Waals surface area contributed by atoms with Crippen molar-refractivity contribution >= 4 is 12.6 Å². The Hall–Kier alpha value is -1.28. The Labute approximate surface area is 107 Å². The second-order valence-electron chi connectivity index (χ2n) is 4.17. The first-order valence-electron chi connectivity index (χ1n) is 5.64. The summed E-state index contributed by atoms with van der Waals surface area (Å²) in [5, 5.41) is 0. The minimum Gasteiger partial charge on any atom is -0.207 e. The molecule has 0 fully saturated rings. The molecule has 0 aliphatic heterocycles. The summed E-state index contributed by atoms with van der Waals surface area (Å²) in [6.07, 6.45) is 0. The van der Waals surface area contributed by atoms with E-state index in [9.17, 15) is 4.39 Å². The van der Waals surface area contributed by atoms with Crippen molar-refractivity contribution in [3.63, 3.8) is 0 Å². The van der Waals surface area contributed by atoms with E-state index in [1.807, 2.05) is 37.3 Å². The maximum absolute atomic E-state index is 13.8. The summed E-state index contributed by atoms with van der Waals surface area (Å²) in [7, 11) is 0. The molecule has 0 bridgehead atoms. The molecule has 0 nitrogen and oxygen atoms in total. The Morgan fingerprint density at radius 1 is 1.12 bits per heavy atom. The van der Waals surface area contributed by atoms with Gasteiger partial charge in [0.25, 0.3) is 0 Å². The highest BCUT2D eigenvalue weighted by molar-refractivity contribution is 7.80. The number of hydrogen-bond acceptors (Lipinski definition) is 1. The zero-order valence-electron chi connectivity index (χ0n) is 9.73. The van der Waals surface area contributed by atoms with Gasteiger partial charge in [-0.05, 0) is 24.1 Å². The molecule has 1 unspecified atom stereocenters. The standard InChI is InChI=1S/C15H15FS/c1-11-5-4-6-12(9-11)14(10-17)13-7-2-3-8-15(13)16/h2-9,14,17H,10H2,1H3. The summed E-state index contributed by atoms with van der Waals surface area (Å²) in [5.74, 6) is 0.456. The summed E-state index contributed by atoms with van der Waals surface area (Å²) >= 11 is 4.35. The lowest BCUT2D eigenvalue weighted by atomic mass is 9.91. The molecule has 0 aliphatic carbocycles. The largest absolute Gasteiger partial charge is 0.207 e. The lowest BCUT2D eigenvalue weighted by Gasteiger charge is -2.16. The predicted octanol–water partition coefficient (Wildman–Crippen LogP) is 4.20. The van der Waals surface area contributed by atoms with Crippen LogP contribution in [-0.4, -0.2) is 5.75 Å². The second kappa shape index (κ2) is 5.37. The van der Waals surface area contributed by atoms with Gasteiger partial charge < -0.3 is 0 Å². The normalized spacial score (nSPS) is 12.4. The van der Waals surface area contributed by atoms with Crippen LogP contribution in [0, 0.1) is 12.7 Å². The van der Waals surface area contributed by atoms with Crippen LogP contribution >= 0.6 is 12.6 Å². The number of thiol groups is 1. The van der Waals surface area contributed by atoms with Crippen LogP contribution in [0.3, 0.4) is 0 Å². The molecule has 0 radical (unpaired) electrons. The number of halogens is 1. The lowest BCUT2D eigenvalue weighted by molar-refractivity contribution is 0.604. The van der Waals surface area contributed by atoms with Gasteiger partial charge in [0.2, 0.25) is 0 Å². The maximum atomic E-state index is 13.8. The molecule has 2 rings (SSSR count). The molecule has 2 aromatic carbocycles. The molecule has 88 valence electrons. The third kappa shape index (κ3) is 2.70. The van der Waals surface area contributed by atoms with E-state index in [0.29, 0.717) is 11.3 Å². The van der Waals surface area contributed by atoms with E-state index in [-0.39, 0.29) is 11.7 Å². The molecule has 0 heterocycles. The van der Waals surface area contributed by atoms with Gasteiger partial charge in [0.1, 0.15) is 5.82 Å². The molecule has 1 atom stereocenters. The maximum Gasteiger partial charge on any atom is 0.127 e. The third-order valence-corrected chi connectivity index (χ3v) is 3.27. The topological polar surface area (TPSA) is 0 Å². The van der Waals surface area contributed by atoms with Crippen LogP contribution in [0.2, 0.25) is 0 Å². The van der Waals surface area contributed by atoms with E-state index >= 15 is 0 Å². The molecule has 2 aromatic rings. The van der Waals surface area contributed by atoms with Crippen LogP contribution in [0.25, 0.3) is 0 Å². The molecule has 0 N–H and O–H groups in total. The molecular formula is C15H15FS. The Morgan fingerprint density at radius 3 is 2.53 bits per heavy atom. The van der Waals surface area contributed by atoms with Crippen LogP contribution < -0.4 is 0 Å². The van der Waals surface area contributed by atoms with Crippen molar-refractivity contribution in [2.24, 2.45) is 0 Å². The van der Waals surface area contributed by atoms with Gasteiger partial charge in [0, 0.05) is 11.7 Å². The highest BCUT2D eigenvalue weighted by atomic mass is 32.1. The summed E-state index contributed by atoms with van der Waals surface area (Å²) in [5.41, 5.74) is 3.02. The second-order valence-corrected chi connectivity index (χ2v) is 4.54. The summed E-state index contributed by atoms with van der Waals surface area (Å²) in [6, 6.07) is 15.1. The smallest absolute Gasteiger partial charge is 0.127 e. The molecule has 0 saturated heterocycles. The van der Waals surface area contributed by atoms with Crippen LogP contribution in [-0.2, 0) is 0 Å². The van der Waals surface area contributed by atoms with Crippen molar-refractivity contribution in [1.82, 2.24) is 0 Å². The van der Waals surface area contributed by atoms with Crippen LogP contribution in [0.4, 0.5) is 4.39 Å². The zero-order chi connectivity index (χ0) is 12.3. The molecular weight excluding hydrogens is 231 g/mol. The van der Waals surface area contributed by atoms with Gasteiger partial charge >= 0.3 is 0 Å². The van der Waals surface area contributed by atoms with Gasteiger partial charge in [0.05, 0.1) is 0 Å². The summed E-state index contributed by atoms with van der Waals surface area (Å²) in [4.78, 5) is 0. The van der Waals surface area contributed by atoms with Crippen molar-refractivity contribution in [3.8, 4) is 0 Å². The number of benzene rings is 2. The molecule has 0 amide bonds. The van der Waals surface area contributed by atoms with Crippen molar-refractivity contribution < 1.29 is 4.39 Å². The molecule has 0 spiro atoms. The lowest BCUT2D eigenvalue weighted by Crippen LogP contribution is -2.05. The monoisotopic (exact) mass is 246 g/mol. The summed E-state index contributed by atoms with van der Waals surface area (Å²) < 4.78 is 13.8. The quantitative estimate of drug-likeness (QED) is 0.771. The van der Waals surface area contributed by atoms with E-state index in [0.717, 1.165) is 5.56 Å². The number of aryl methyl sites for hydroxylation is 1. The first-order chi connectivity index (χ1) is 8.22. The average molecular weight is 246 g/mol. The number of hydrogen-bond donors (Lipinski definition) is 1. The molecule has 17 heavy (non-hydrogen) atoms. The van der Waals surface area contributed by atoms with Crippen molar-refractivity contribution in [3.05, 3.63) is 71.0 Å². The van der Waals surface area contributed by atoms with E-state index in [2.05, 4.69) is 18.7 Å². The Balaban J connectivity index is 2.44. The Kier molecular flexibility index (Phi) is 3.85. The van der Waals surface area contributed by atoms with Crippen molar-refractivity contribution in [2.75, 3.05) is 5.75 Å². The minimum atomic E-state index is -0.159. The van der Waals surface area contributed by atoms with Gasteiger partial charge in [0.15, 0.2) is 0 Å². The fraction of sp³-hybridized carbons (Fsp3) is 0.200. The minimum absolute atomic E-state index is 0.0134. The van der Waals surface area contributed by atoms with Crippen molar-refractivity contribution in [1.29, 1.82) is 0 Å². The average Bonchev–Trinajstić information content (AvgIpc) is 2.33. The Morgan fingerprint density at radius 2 is 1.88 bits per heavy atom. The van der Waals surface area contributed by atoms with Gasteiger partial charge in [-0.2, -0.15) is 12.6 Å². The van der Waals surface area contributed by atoms with Crippen LogP contribution in [0.1, 0.15) is 22.6 Å². The fourth-order valence-corrected chi connectivity index (χ4v) is 2.44. The highest BCUT2D eigenvalue weighted by Gasteiger charge is 2.15. The Bertz CT molecular complexity index is 508. The van der Waals surface area contributed by atoms with Gasteiger partial charge in [-0.3, -0.25) is 0 Å². The van der Waals surface area contributed by atoms with E-state index in [1.54, 1.807) is 6.07 Å². The van der Waals surface area contributed by atoms with Crippen molar-refractivity contribution in [2.45, 2.75) is 12.8 Å². The summed E-state index contributed by atoms with van der Waals surface area (Å²) in [6.45, 7) is 2.04. The fourth-order valence-electron chi connectivity index (χ4n) is 2.03. The molecule has 2 heteroatoms. The number of rotatable bonds is 3. The SMILES string of the molecule is Cc1cccc(C(CS)c2ccccc2F)c1. The molecule has 0 saturated carbocycles. The van der Waals surface area contributed by atoms with E-state index < -0.39 is 0 Å². The van der Waals surface area contributed by atoms with Crippen LogP contribution in [0.15, 0.2) is 48.5 Å². The van der Waals surface area contributed by atoms with Gasteiger partial charge in [-0.25, -0.2) is 4.39 Å². The third-order valence-electron chi connectivity index (χ3n) is 2.91. The van der Waals surface area contributed by atoms with Crippen LogP contribution in [0.5, 0.6) is 0 Å².